The molecule has 0 aromatic rings. The number of carbonyl (C=O) groups excluding carboxylic acids is 1. The van der Waals surface area contributed by atoms with Gasteiger partial charge in [0.15, 0.2) is 0 Å². The Bertz CT molecular complexity index is 132. The van der Waals surface area contributed by atoms with E-state index in [0.29, 0.717) is 6.42 Å². The Morgan fingerprint density at radius 2 is 2.00 bits per heavy atom. The van der Waals surface area contributed by atoms with Crippen LogP contribution in [0.2, 0.25) is 0 Å². The molecule has 0 spiro atoms. The fourth-order valence-corrected chi connectivity index (χ4v) is 0.690. The van der Waals surface area contributed by atoms with Gasteiger partial charge in [0, 0.05) is 0 Å². The molecule has 11 heavy (non-hydrogen) atoms. The summed E-state index contributed by atoms with van der Waals surface area (Å²) >= 11 is 0. The quantitative estimate of drug-likeness (QED) is 0.265. The van der Waals surface area contributed by atoms with E-state index in [1.165, 1.54) is 0 Å². The van der Waals surface area contributed by atoms with Crippen LogP contribution in [0.1, 0.15) is 32.6 Å². The van der Waals surface area contributed by atoms with Gasteiger partial charge in [0.1, 0.15) is 0 Å². The van der Waals surface area contributed by atoms with Crippen molar-refractivity contribution in [3.05, 3.63) is 12.2 Å². The van der Waals surface area contributed by atoms with E-state index in [1.54, 1.807) is 0 Å². The summed E-state index contributed by atoms with van der Waals surface area (Å²) in [6.45, 7) is 5.44. The summed E-state index contributed by atoms with van der Waals surface area (Å²) in [4.78, 5) is 10.1. The van der Waals surface area contributed by atoms with Crippen LogP contribution in [0.5, 0.6) is 0 Å². The Balaban J connectivity index is 0. The minimum Gasteiger partial charge on any atom is -0.545 e. The molecule has 0 bridgehead atoms. The van der Waals surface area contributed by atoms with Crippen molar-refractivity contribution in [3.8, 4) is 0 Å². The number of carboxylic acids is 1. The van der Waals surface area contributed by atoms with Gasteiger partial charge in [0.25, 0.3) is 0 Å². The zero-order chi connectivity index (χ0) is 7.98. The zero-order valence-corrected chi connectivity index (χ0v) is 9.35. The Kier molecular flexibility index (Phi) is 10.4. The van der Waals surface area contributed by atoms with Crippen molar-refractivity contribution >= 4 is 5.97 Å². The van der Waals surface area contributed by atoms with Gasteiger partial charge in [-0.05, 0) is 18.4 Å². The van der Waals surface area contributed by atoms with Crippen LogP contribution in [0, 0.1) is 0 Å². The third-order valence-corrected chi connectivity index (χ3v) is 1.37. The summed E-state index contributed by atoms with van der Waals surface area (Å²) in [5, 5.41) is 10.1. The van der Waals surface area contributed by atoms with Crippen molar-refractivity contribution in [2.75, 3.05) is 0 Å². The first-order valence-corrected chi connectivity index (χ1v) is 3.57. The second kappa shape index (κ2) is 8.31. The van der Waals surface area contributed by atoms with E-state index in [0.717, 1.165) is 19.3 Å². The van der Waals surface area contributed by atoms with E-state index in [1.807, 2.05) is 0 Å². The summed E-state index contributed by atoms with van der Waals surface area (Å²) in [6, 6.07) is 0. The van der Waals surface area contributed by atoms with E-state index in [9.17, 15) is 9.90 Å². The molecule has 2 nitrogen and oxygen atoms in total. The van der Waals surface area contributed by atoms with E-state index in [-0.39, 0.29) is 35.1 Å². The summed E-state index contributed by atoms with van der Waals surface area (Å²) < 4.78 is 0. The van der Waals surface area contributed by atoms with Crippen LogP contribution in [-0.2, 0) is 4.79 Å². The van der Waals surface area contributed by atoms with Crippen LogP contribution in [0.15, 0.2) is 12.2 Å². The Labute approximate surface area is 90.0 Å². The van der Waals surface area contributed by atoms with Crippen LogP contribution in [-0.4, -0.2) is 5.97 Å². The van der Waals surface area contributed by atoms with Gasteiger partial charge in [-0.25, -0.2) is 0 Å². The van der Waals surface area contributed by atoms with Gasteiger partial charge >= 0.3 is 29.6 Å². The normalized spacial score (nSPS) is 8.45. The Morgan fingerprint density at radius 1 is 1.45 bits per heavy atom. The first-order valence-electron chi connectivity index (χ1n) is 3.57. The molecule has 0 amide bonds. The van der Waals surface area contributed by atoms with Gasteiger partial charge in [-0.2, -0.15) is 0 Å². The molecular weight excluding hydrogens is 151 g/mol. The number of hydrogen-bond donors (Lipinski definition) is 0. The molecule has 0 heterocycles. The molecule has 58 valence electrons. The number of carbonyl (C=O) groups is 1. The first kappa shape index (κ1) is 13.8. The number of aliphatic carboxylic acids is 1. The van der Waals surface area contributed by atoms with Crippen molar-refractivity contribution < 1.29 is 39.5 Å². The molecule has 0 radical (unpaired) electrons. The fourth-order valence-electron chi connectivity index (χ4n) is 0.690. The zero-order valence-electron chi connectivity index (χ0n) is 7.35. The van der Waals surface area contributed by atoms with Crippen molar-refractivity contribution in [1.29, 1.82) is 0 Å². The van der Waals surface area contributed by atoms with Crippen LogP contribution < -0.4 is 34.7 Å². The van der Waals surface area contributed by atoms with Crippen molar-refractivity contribution in [3.63, 3.8) is 0 Å². The molecule has 0 unspecified atom stereocenters. The monoisotopic (exact) mass is 164 g/mol. The van der Waals surface area contributed by atoms with Gasteiger partial charge in [-0.3, -0.25) is 0 Å². The maximum absolute atomic E-state index is 10.1. The smallest absolute Gasteiger partial charge is 0.545 e. The average molecular weight is 164 g/mol. The number of rotatable bonds is 5. The third-order valence-electron chi connectivity index (χ3n) is 1.37. The number of carboxylic acid groups (broad SMARTS) is 1. The van der Waals surface area contributed by atoms with E-state index in [4.69, 9.17) is 0 Å². The molecule has 0 aliphatic rings. The maximum Gasteiger partial charge on any atom is 1.00 e. The van der Waals surface area contributed by atoms with Crippen LogP contribution >= 0.6 is 0 Å². The molecule has 0 aromatic carbocycles. The van der Waals surface area contributed by atoms with Crippen molar-refractivity contribution in [1.82, 2.24) is 0 Å². The van der Waals surface area contributed by atoms with Gasteiger partial charge in [-0.1, -0.05) is 26.3 Å². The largest absolute Gasteiger partial charge is 1.00 e. The second-order valence-corrected chi connectivity index (χ2v) is 2.35. The van der Waals surface area contributed by atoms with Crippen molar-refractivity contribution in [2.45, 2.75) is 32.6 Å². The van der Waals surface area contributed by atoms with Gasteiger partial charge in [-0.15, -0.1) is 0 Å². The topological polar surface area (TPSA) is 40.1 Å². The van der Waals surface area contributed by atoms with E-state index >= 15 is 0 Å². The molecule has 3 heteroatoms. The Morgan fingerprint density at radius 3 is 2.36 bits per heavy atom. The molecule has 0 aliphatic heterocycles. The number of hydrogen-bond acceptors (Lipinski definition) is 2. The first-order chi connectivity index (χ1) is 4.68. The predicted molar refractivity (Wildman–Crippen MR) is 38.3 cm³/mol. The average Bonchev–Trinajstić information content (AvgIpc) is 1.88. The second-order valence-electron chi connectivity index (χ2n) is 2.35. The van der Waals surface area contributed by atoms with Crippen LogP contribution in [0.25, 0.3) is 0 Å². The molecule has 0 saturated heterocycles. The van der Waals surface area contributed by atoms with Crippen molar-refractivity contribution in [2.24, 2.45) is 0 Å². The third kappa shape index (κ3) is 8.11. The minimum absolute atomic E-state index is 0. The van der Waals surface area contributed by atoms with E-state index in [2.05, 4.69) is 13.5 Å². The molecule has 0 aliphatic carbocycles. The number of unbranched alkanes of at least 4 members (excludes halogenated alkanes) is 2. The van der Waals surface area contributed by atoms with E-state index < -0.39 is 5.97 Å². The molecule has 0 atom stereocenters. The standard InChI is InChI=1S/C8H14O2.Na/c1-3-4-5-6-7(2)8(9)10;/h2-6H2,1H3,(H,9,10);/q;+1/p-1. The summed E-state index contributed by atoms with van der Waals surface area (Å²) in [6.07, 6.45) is 3.63. The SMILES string of the molecule is C=C(CCCCC)C(=O)[O-].[Na+]. The fraction of sp³-hybridized carbons (Fsp3) is 0.625. The molecule has 0 aromatic heterocycles. The van der Waals surface area contributed by atoms with Gasteiger partial charge in [0.2, 0.25) is 0 Å². The molecule has 0 rings (SSSR count). The molecule has 0 N–H and O–H groups in total. The Hall–Kier alpha value is 0.210. The van der Waals surface area contributed by atoms with Crippen LogP contribution in [0.3, 0.4) is 0 Å². The van der Waals surface area contributed by atoms with Gasteiger partial charge in [0.05, 0.1) is 5.97 Å². The molecule has 0 fully saturated rings. The van der Waals surface area contributed by atoms with Crippen LogP contribution in [0.4, 0.5) is 0 Å². The molecule has 0 saturated carbocycles. The molecular formula is C8H13NaO2. The summed E-state index contributed by atoms with van der Waals surface area (Å²) in [5.41, 5.74) is 0.216. The maximum atomic E-state index is 10.1. The summed E-state index contributed by atoms with van der Waals surface area (Å²) in [7, 11) is 0. The minimum atomic E-state index is -1.11. The predicted octanol–water partition coefficient (Wildman–Crippen LogP) is -2.12. The summed E-state index contributed by atoms with van der Waals surface area (Å²) in [5.74, 6) is -1.11. The van der Waals surface area contributed by atoms with Gasteiger partial charge < -0.3 is 9.90 Å².